The molecule has 0 bridgehead atoms. The van der Waals surface area contributed by atoms with Crippen LogP contribution in [0.2, 0.25) is 0 Å². The average molecular weight is 444 g/mol. The first kappa shape index (κ1) is 20.1. The summed E-state index contributed by atoms with van der Waals surface area (Å²) in [4.78, 5) is 49.1. The Morgan fingerprint density at radius 3 is 2.73 bits per heavy atom. The van der Waals surface area contributed by atoms with Crippen LogP contribution in [0.15, 0.2) is 36.5 Å². The molecule has 3 aliphatic heterocycles. The van der Waals surface area contributed by atoms with Gasteiger partial charge in [-0.1, -0.05) is 6.07 Å². The number of amides is 3. The predicted octanol–water partition coefficient (Wildman–Crippen LogP) is 2.59. The van der Waals surface area contributed by atoms with Crippen LogP contribution in [-0.2, 0) is 22.7 Å². The van der Waals surface area contributed by atoms with Crippen LogP contribution in [0.4, 0.5) is 0 Å². The number of piperidine rings is 1. The van der Waals surface area contributed by atoms with E-state index in [1.807, 2.05) is 30.5 Å². The third-order valence-electron chi connectivity index (χ3n) is 7.01. The summed E-state index contributed by atoms with van der Waals surface area (Å²) in [6.07, 6.45) is 5.03. The molecule has 5 heterocycles. The molecule has 2 N–H and O–H groups in total. The van der Waals surface area contributed by atoms with Crippen molar-refractivity contribution in [3.8, 4) is 11.3 Å². The first-order valence-electron chi connectivity index (χ1n) is 11.5. The van der Waals surface area contributed by atoms with Gasteiger partial charge >= 0.3 is 0 Å². The van der Waals surface area contributed by atoms with Crippen molar-refractivity contribution >= 4 is 28.8 Å². The molecule has 8 nitrogen and oxygen atoms in total. The van der Waals surface area contributed by atoms with Crippen LogP contribution in [0.3, 0.4) is 0 Å². The van der Waals surface area contributed by atoms with Crippen molar-refractivity contribution in [2.24, 2.45) is 0 Å². The number of rotatable bonds is 4. The SMILES string of the molecule is O=C1CCC(N2Cc3cc(-c4cc(CN5CCCC5)c5[nH]ccc5n4)ccc3C2=O)C(=O)N1. The van der Waals surface area contributed by atoms with Gasteiger partial charge in [0.25, 0.3) is 5.91 Å². The lowest BCUT2D eigenvalue weighted by atomic mass is 10.0. The first-order valence-corrected chi connectivity index (χ1v) is 11.5. The maximum Gasteiger partial charge on any atom is 0.255 e. The zero-order chi connectivity index (χ0) is 22.5. The topological polar surface area (TPSA) is 98.4 Å². The molecule has 3 aliphatic rings. The average Bonchev–Trinajstić information content (AvgIpc) is 3.54. The van der Waals surface area contributed by atoms with Crippen molar-refractivity contribution < 1.29 is 14.4 Å². The second-order valence-corrected chi connectivity index (χ2v) is 9.16. The fraction of sp³-hybridized carbons (Fsp3) is 0.360. The Balaban J connectivity index is 1.32. The molecule has 0 spiro atoms. The number of pyridine rings is 1. The van der Waals surface area contributed by atoms with Crippen molar-refractivity contribution in [2.45, 2.75) is 44.8 Å². The van der Waals surface area contributed by atoms with Crippen molar-refractivity contribution in [3.63, 3.8) is 0 Å². The third-order valence-corrected chi connectivity index (χ3v) is 7.01. The number of nitrogens with zero attached hydrogens (tertiary/aromatic N) is 3. The summed E-state index contributed by atoms with van der Waals surface area (Å²) < 4.78 is 0. The van der Waals surface area contributed by atoms with E-state index in [-0.39, 0.29) is 18.2 Å². The van der Waals surface area contributed by atoms with Gasteiger partial charge in [0, 0.05) is 36.8 Å². The molecule has 2 aromatic heterocycles. The van der Waals surface area contributed by atoms with E-state index in [1.165, 1.54) is 18.4 Å². The molecular formula is C25H25N5O3. The second kappa shape index (κ2) is 7.81. The highest BCUT2D eigenvalue weighted by atomic mass is 16.2. The number of likely N-dealkylation sites (tertiary alicyclic amines) is 1. The Hall–Kier alpha value is -3.52. The molecule has 0 radical (unpaired) electrons. The number of carbonyl (C=O) groups excluding carboxylic acids is 3. The van der Waals surface area contributed by atoms with E-state index in [1.54, 1.807) is 4.90 Å². The highest BCUT2D eigenvalue weighted by Gasteiger charge is 2.39. The van der Waals surface area contributed by atoms with E-state index in [0.29, 0.717) is 18.5 Å². The van der Waals surface area contributed by atoms with Gasteiger partial charge in [-0.3, -0.25) is 24.6 Å². The van der Waals surface area contributed by atoms with Gasteiger partial charge in [-0.2, -0.15) is 0 Å². The van der Waals surface area contributed by atoms with Crippen LogP contribution in [0.25, 0.3) is 22.3 Å². The molecule has 2 fully saturated rings. The Morgan fingerprint density at radius 2 is 1.91 bits per heavy atom. The largest absolute Gasteiger partial charge is 0.360 e. The fourth-order valence-corrected chi connectivity index (χ4v) is 5.30. The minimum Gasteiger partial charge on any atom is -0.360 e. The van der Waals surface area contributed by atoms with E-state index in [4.69, 9.17) is 4.98 Å². The van der Waals surface area contributed by atoms with E-state index in [0.717, 1.165) is 47.5 Å². The fourth-order valence-electron chi connectivity index (χ4n) is 5.30. The Bertz CT molecular complexity index is 1290. The minimum absolute atomic E-state index is 0.158. The monoisotopic (exact) mass is 443 g/mol. The van der Waals surface area contributed by atoms with Crippen molar-refractivity contribution in [1.82, 2.24) is 25.1 Å². The van der Waals surface area contributed by atoms with Gasteiger partial charge < -0.3 is 9.88 Å². The van der Waals surface area contributed by atoms with E-state index >= 15 is 0 Å². The van der Waals surface area contributed by atoms with E-state index < -0.39 is 11.9 Å². The van der Waals surface area contributed by atoms with Gasteiger partial charge in [-0.15, -0.1) is 0 Å². The zero-order valence-corrected chi connectivity index (χ0v) is 18.3. The molecular weight excluding hydrogens is 418 g/mol. The molecule has 168 valence electrons. The number of H-pyrrole nitrogens is 1. The molecule has 33 heavy (non-hydrogen) atoms. The first-order chi connectivity index (χ1) is 16.1. The molecule has 8 heteroatoms. The number of carbonyl (C=O) groups is 3. The second-order valence-electron chi connectivity index (χ2n) is 9.16. The lowest BCUT2D eigenvalue weighted by molar-refractivity contribution is -0.136. The number of hydrogen-bond acceptors (Lipinski definition) is 5. The summed E-state index contributed by atoms with van der Waals surface area (Å²) in [5.74, 6) is -0.827. The van der Waals surface area contributed by atoms with Gasteiger partial charge in [0.1, 0.15) is 6.04 Å². The van der Waals surface area contributed by atoms with Gasteiger partial charge in [0.2, 0.25) is 11.8 Å². The van der Waals surface area contributed by atoms with Crippen LogP contribution in [0.1, 0.15) is 47.2 Å². The molecule has 1 aromatic carbocycles. The third kappa shape index (κ3) is 3.51. The summed E-state index contributed by atoms with van der Waals surface area (Å²) >= 11 is 0. The Morgan fingerprint density at radius 1 is 1.06 bits per heavy atom. The van der Waals surface area contributed by atoms with Crippen molar-refractivity contribution in [3.05, 3.63) is 53.2 Å². The summed E-state index contributed by atoms with van der Waals surface area (Å²) in [6, 6.07) is 9.32. The smallest absolute Gasteiger partial charge is 0.255 e. The lowest BCUT2D eigenvalue weighted by Gasteiger charge is -2.29. The van der Waals surface area contributed by atoms with Crippen LogP contribution in [-0.4, -0.2) is 56.6 Å². The van der Waals surface area contributed by atoms with Crippen molar-refractivity contribution in [2.75, 3.05) is 13.1 Å². The van der Waals surface area contributed by atoms with Crippen LogP contribution < -0.4 is 5.32 Å². The number of aromatic nitrogens is 2. The van der Waals surface area contributed by atoms with E-state index in [9.17, 15) is 14.4 Å². The molecule has 0 saturated carbocycles. The predicted molar refractivity (Wildman–Crippen MR) is 122 cm³/mol. The van der Waals surface area contributed by atoms with Crippen LogP contribution in [0.5, 0.6) is 0 Å². The summed E-state index contributed by atoms with van der Waals surface area (Å²) in [5, 5.41) is 2.35. The normalized spacial score (nSPS) is 21.2. The molecule has 2 saturated heterocycles. The zero-order valence-electron chi connectivity index (χ0n) is 18.3. The molecule has 1 atom stereocenters. The molecule has 3 amide bonds. The van der Waals surface area contributed by atoms with E-state index in [2.05, 4.69) is 21.3 Å². The number of hydrogen-bond donors (Lipinski definition) is 2. The number of benzene rings is 1. The Kier molecular flexibility index (Phi) is 4.76. The molecule has 1 unspecified atom stereocenters. The standard InChI is InChI=1S/C25H25N5O3/c31-22-6-5-21(24(32)28-22)30-14-16-11-15(3-4-18(16)25(30)33)20-12-17(13-29-9-1-2-10-29)23-19(27-20)7-8-26-23/h3-4,7-8,11-12,21,26H,1-2,5-6,9-10,13-14H2,(H,28,31,32). The lowest BCUT2D eigenvalue weighted by Crippen LogP contribution is -2.52. The van der Waals surface area contributed by atoms with Crippen LogP contribution >= 0.6 is 0 Å². The van der Waals surface area contributed by atoms with Gasteiger partial charge in [-0.05, 0) is 67.7 Å². The van der Waals surface area contributed by atoms with Gasteiger partial charge in [0.05, 0.1) is 16.7 Å². The summed E-state index contributed by atoms with van der Waals surface area (Å²) in [6.45, 7) is 3.49. The highest BCUT2D eigenvalue weighted by molar-refractivity contribution is 6.05. The number of imide groups is 1. The number of nitrogens with one attached hydrogen (secondary N) is 2. The minimum atomic E-state index is -0.604. The van der Waals surface area contributed by atoms with Crippen LogP contribution in [0, 0.1) is 0 Å². The van der Waals surface area contributed by atoms with Gasteiger partial charge in [0.15, 0.2) is 0 Å². The van der Waals surface area contributed by atoms with Gasteiger partial charge in [-0.25, -0.2) is 4.98 Å². The highest BCUT2D eigenvalue weighted by Crippen LogP contribution is 2.32. The maximum atomic E-state index is 13.0. The number of aromatic amines is 1. The Labute approximate surface area is 191 Å². The summed E-state index contributed by atoms with van der Waals surface area (Å²) in [5.41, 5.74) is 6.57. The number of fused-ring (bicyclic) bond motifs is 2. The maximum absolute atomic E-state index is 13.0. The molecule has 6 rings (SSSR count). The van der Waals surface area contributed by atoms with Crippen molar-refractivity contribution in [1.29, 1.82) is 0 Å². The summed E-state index contributed by atoms with van der Waals surface area (Å²) in [7, 11) is 0. The molecule has 0 aliphatic carbocycles. The quantitative estimate of drug-likeness (QED) is 0.604. The molecule has 3 aromatic rings.